The number of phenolic OH excluding ortho intramolecular Hbond substituents is 2. The number of phenols is 2. The molecule has 2 rings (SSSR count). The average molecular weight is 319 g/mol. The van der Waals surface area contributed by atoms with Crippen molar-refractivity contribution in [2.45, 2.75) is 25.2 Å². The fourth-order valence-corrected chi connectivity index (χ4v) is 2.56. The van der Waals surface area contributed by atoms with Crippen LogP contribution in [0, 0.1) is 11.7 Å². The Labute approximate surface area is 111 Å². The lowest BCUT2D eigenvalue weighted by molar-refractivity contribution is -0.137. The van der Waals surface area contributed by atoms with Gasteiger partial charge in [0.2, 0.25) is 0 Å². The predicted molar refractivity (Wildman–Crippen MR) is 65.1 cm³/mol. The van der Waals surface area contributed by atoms with E-state index in [0.29, 0.717) is 0 Å². The molecule has 1 aliphatic rings. The van der Waals surface area contributed by atoms with Crippen LogP contribution in [-0.4, -0.2) is 21.3 Å². The minimum atomic E-state index is -0.980. The summed E-state index contributed by atoms with van der Waals surface area (Å²) in [6.07, 6.45) is 1.62. The number of rotatable bonds is 4. The van der Waals surface area contributed by atoms with Gasteiger partial charge in [0, 0.05) is 11.5 Å². The summed E-state index contributed by atoms with van der Waals surface area (Å²) in [4.78, 5) is 10.8. The van der Waals surface area contributed by atoms with Gasteiger partial charge in [-0.15, -0.1) is 0 Å². The lowest BCUT2D eigenvalue weighted by Crippen LogP contribution is -2.09. The monoisotopic (exact) mass is 318 g/mol. The van der Waals surface area contributed by atoms with E-state index in [4.69, 9.17) is 5.11 Å². The van der Waals surface area contributed by atoms with Crippen molar-refractivity contribution in [3.05, 3.63) is 21.9 Å². The molecule has 1 aromatic carbocycles. The Bertz CT molecular complexity index is 499. The first kappa shape index (κ1) is 13.1. The zero-order chi connectivity index (χ0) is 13.4. The van der Waals surface area contributed by atoms with Crippen molar-refractivity contribution in [2.75, 3.05) is 0 Å². The van der Waals surface area contributed by atoms with Crippen molar-refractivity contribution < 1.29 is 24.5 Å². The average Bonchev–Trinajstić information content (AvgIpc) is 3.12. The fourth-order valence-electron chi connectivity index (χ4n) is 2.12. The van der Waals surface area contributed by atoms with E-state index in [1.54, 1.807) is 0 Å². The molecule has 1 aliphatic carbocycles. The second-order valence-corrected chi connectivity index (χ2v) is 5.35. The van der Waals surface area contributed by atoms with Crippen molar-refractivity contribution in [2.24, 2.45) is 5.92 Å². The summed E-state index contributed by atoms with van der Waals surface area (Å²) in [5.74, 6) is -3.55. The Morgan fingerprint density at radius 2 is 2.06 bits per heavy atom. The van der Waals surface area contributed by atoms with Crippen molar-refractivity contribution in [3.8, 4) is 11.5 Å². The molecular weight excluding hydrogens is 307 g/mol. The maximum Gasteiger partial charge on any atom is 0.303 e. The van der Waals surface area contributed by atoms with Gasteiger partial charge in [-0.25, -0.2) is 4.39 Å². The molecule has 0 aliphatic heterocycles. The molecule has 0 heterocycles. The lowest BCUT2D eigenvalue weighted by atomic mass is 9.90. The normalized spacial score (nSPS) is 16.6. The molecule has 1 atom stereocenters. The van der Waals surface area contributed by atoms with Gasteiger partial charge < -0.3 is 15.3 Å². The zero-order valence-corrected chi connectivity index (χ0v) is 10.9. The molecule has 4 nitrogen and oxygen atoms in total. The van der Waals surface area contributed by atoms with Gasteiger partial charge in [0.15, 0.2) is 17.3 Å². The Balaban J connectivity index is 2.44. The first-order chi connectivity index (χ1) is 8.41. The number of aliphatic carboxylic acids is 1. The minimum Gasteiger partial charge on any atom is -0.504 e. The number of benzene rings is 1. The van der Waals surface area contributed by atoms with Crippen LogP contribution in [-0.2, 0) is 4.79 Å². The molecule has 18 heavy (non-hydrogen) atoms. The molecule has 0 spiro atoms. The van der Waals surface area contributed by atoms with Crippen LogP contribution in [0.5, 0.6) is 11.5 Å². The number of halogens is 2. The Hall–Kier alpha value is -1.30. The van der Waals surface area contributed by atoms with Crippen molar-refractivity contribution in [1.82, 2.24) is 0 Å². The minimum absolute atomic E-state index is 0.0174. The van der Waals surface area contributed by atoms with Gasteiger partial charge in [-0.1, -0.05) is 0 Å². The summed E-state index contributed by atoms with van der Waals surface area (Å²) >= 11 is 2.94. The molecule has 0 amide bonds. The summed E-state index contributed by atoms with van der Waals surface area (Å²) in [5, 5.41) is 28.1. The highest BCUT2D eigenvalue weighted by atomic mass is 79.9. The molecule has 1 saturated carbocycles. The van der Waals surface area contributed by atoms with Gasteiger partial charge in [0.1, 0.15) is 0 Å². The van der Waals surface area contributed by atoms with E-state index >= 15 is 0 Å². The van der Waals surface area contributed by atoms with Crippen LogP contribution in [0.15, 0.2) is 10.5 Å². The second kappa shape index (κ2) is 4.76. The van der Waals surface area contributed by atoms with Crippen molar-refractivity contribution in [1.29, 1.82) is 0 Å². The third-order valence-electron chi connectivity index (χ3n) is 3.18. The highest BCUT2D eigenvalue weighted by Gasteiger charge is 2.36. The highest BCUT2D eigenvalue weighted by molar-refractivity contribution is 9.10. The summed E-state index contributed by atoms with van der Waals surface area (Å²) in [6, 6.07) is 1.34. The number of carboxylic acid groups (broad SMARTS) is 1. The number of carbonyl (C=O) groups is 1. The van der Waals surface area contributed by atoms with E-state index in [1.165, 1.54) is 6.07 Å². The van der Waals surface area contributed by atoms with Crippen molar-refractivity contribution >= 4 is 21.9 Å². The molecule has 0 saturated heterocycles. The second-order valence-electron chi connectivity index (χ2n) is 4.50. The summed E-state index contributed by atoms with van der Waals surface area (Å²) in [5.41, 5.74) is 0.283. The standard InChI is InChI=1S/C12H12BrFO4/c13-8-3-7(11(17)12(18)10(8)14)6(4-9(15)16)5-1-2-5/h3,5-6,17-18H,1-2,4H2,(H,15,16). The van der Waals surface area contributed by atoms with Gasteiger partial charge in [-0.2, -0.15) is 0 Å². The van der Waals surface area contributed by atoms with E-state index in [2.05, 4.69) is 15.9 Å². The molecular formula is C12H12BrFO4. The van der Waals surface area contributed by atoms with Gasteiger partial charge in [-0.05, 0) is 40.8 Å². The molecule has 0 bridgehead atoms. The summed E-state index contributed by atoms with van der Waals surface area (Å²) < 4.78 is 13.4. The van der Waals surface area contributed by atoms with Crippen LogP contribution in [0.4, 0.5) is 4.39 Å². The summed E-state index contributed by atoms with van der Waals surface area (Å²) in [7, 11) is 0. The van der Waals surface area contributed by atoms with Gasteiger partial charge in [-0.3, -0.25) is 4.79 Å². The van der Waals surface area contributed by atoms with E-state index in [0.717, 1.165) is 12.8 Å². The van der Waals surface area contributed by atoms with Crippen LogP contribution in [0.2, 0.25) is 0 Å². The van der Waals surface area contributed by atoms with Crippen LogP contribution >= 0.6 is 15.9 Å². The first-order valence-corrected chi connectivity index (χ1v) is 6.32. The Morgan fingerprint density at radius 3 is 2.56 bits per heavy atom. The lowest BCUT2D eigenvalue weighted by Gasteiger charge is -2.17. The van der Waals surface area contributed by atoms with E-state index in [1.807, 2.05) is 0 Å². The molecule has 1 aromatic rings. The van der Waals surface area contributed by atoms with Gasteiger partial charge in [0.05, 0.1) is 10.9 Å². The Morgan fingerprint density at radius 1 is 1.44 bits per heavy atom. The molecule has 6 heteroatoms. The molecule has 98 valence electrons. The summed E-state index contributed by atoms with van der Waals surface area (Å²) in [6.45, 7) is 0. The van der Waals surface area contributed by atoms with E-state index in [9.17, 15) is 19.4 Å². The zero-order valence-electron chi connectivity index (χ0n) is 9.36. The maximum atomic E-state index is 13.3. The first-order valence-electron chi connectivity index (χ1n) is 5.53. The Kier molecular flexibility index (Phi) is 3.47. The number of aromatic hydroxyl groups is 2. The molecule has 0 aromatic heterocycles. The molecule has 3 N–H and O–H groups in total. The van der Waals surface area contributed by atoms with Crippen LogP contribution in [0.3, 0.4) is 0 Å². The smallest absolute Gasteiger partial charge is 0.303 e. The van der Waals surface area contributed by atoms with E-state index in [-0.39, 0.29) is 22.4 Å². The van der Waals surface area contributed by atoms with Gasteiger partial charge in [0.25, 0.3) is 0 Å². The fraction of sp³-hybridized carbons (Fsp3) is 0.417. The topological polar surface area (TPSA) is 77.8 Å². The molecule has 1 unspecified atom stereocenters. The number of carboxylic acids is 1. The number of hydrogen-bond acceptors (Lipinski definition) is 3. The van der Waals surface area contributed by atoms with Crippen LogP contribution in [0.25, 0.3) is 0 Å². The predicted octanol–water partition coefficient (Wildman–Crippen LogP) is 2.97. The van der Waals surface area contributed by atoms with Crippen molar-refractivity contribution in [3.63, 3.8) is 0 Å². The SMILES string of the molecule is O=C(O)CC(c1cc(Br)c(F)c(O)c1O)C1CC1. The molecule has 1 fully saturated rings. The number of hydrogen-bond donors (Lipinski definition) is 3. The van der Waals surface area contributed by atoms with Crippen LogP contribution in [0.1, 0.15) is 30.7 Å². The third kappa shape index (κ3) is 2.43. The van der Waals surface area contributed by atoms with Crippen LogP contribution < -0.4 is 0 Å². The maximum absolute atomic E-state index is 13.3. The van der Waals surface area contributed by atoms with Gasteiger partial charge >= 0.3 is 5.97 Å². The quantitative estimate of drug-likeness (QED) is 0.746. The van der Waals surface area contributed by atoms with E-state index < -0.39 is 29.2 Å². The molecule has 0 radical (unpaired) electrons. The highest BCUT2D eigenvalue weighted by Crippen LogP contribution is 2.50. The largest absolute Gasteiger partial charge is 0.504 e. The third-order valence-corrected chi connectivity index (χ3v) is 3.76.